The van der Waals surface area contributed by atoms with Crippen molar-refractivity contribution in [2.75, 3.05) is 19.5 Å². The summed E-state index contributed by atoms with van der Waals surface area (Å²) < 4.78 is 11.9. The first kappa shape index (κ1) is 14.9. The summed E-state index contributed by atoms with van der Waals surface area (Å²) in [5.41, 5.74) is 7.07. The fourth-order valence-corrected chi connectivity index (χ4v) is 2.09. The molecule has 6 nitrogen and oxygen atoms in total. The van der Waals surface area contributed by atoms with Gasteiger partial charge in [0.05, 0.1) is 13.7 Å². The van der Waals surface area contributed by atoms with Crippen molar-refractivity contribution in [2.24, 2.45) is 0 Å². The fourth-order valence-electron chi connectivity index (χ4n) is 2.09. The normalized spacial score (nSPS) is 10.4. The van der Waals surface area contributed by atoms with Crippen molar-refractivity contribution in [2.45, 2.75) is 20.3 Å². The summed E-state index contributed by atoms with van der Waals surface area (Å²) in [4.78, 5) is 16.2. The van der Waals surface area contributed by atoms with Crippen LogP contribution in [0.2, 0.25) is 0 Å². The lowest BCUT2D eigenvalue weighted by Gasteiger charge is -2.09. The molecule has 0 spiro atoms. The van der Waals surface area contributed by atoms with Crippen molar-refractivity contribution in [1.29, 1.82) is 0 Å². The maximum atomic E-state index is 11.9. The molecule has 2 N–H and O–H groups in total. The first-order valence-electron chi connectivity index (χ1n) is 6.81. The number of hydrogen-bond acceptors (Lipinski definition) is 5. The lowest BCUT2D eigenvalue weighted by Crippen LogP contribution is -2.09. The molecule has 1 heterocycles. The van der Waals surface area contributed by atoms with E-state index < -0.39 is 5.97 Å². The molecule has 0 aliphatic heterocycles. The zero-order valence-corrected chi connectivity index (χ0v) is 12.4. The van der Waals surface area contributed by atoms with Crippen LogP contribution in [0, 0.1) is 0 Å². The molecule has 0 aliphatic carbocycles. The third-order valence-electron chi connectivity index (χ3n) is 3.10. The number of esters is 1. The number of aromatic nitrogens is 2. The van der Waals surface area contributed by atoms with Crippen LogP contribution in [-0.4, -0.2) is 29.2 Å². The van der Waals surface area contributed by atoms with Gasteiger partial charge in [0.15, 0.2) is 5.69 Å². The van der Waals surface area contributed by atoms with Gasteiger partial charge in [0, 0.05) is 12.1 Å². The smallest absolute Gasteiger partial charge is 0.360 e. The van der Waals surface area contributed by atoms with Crippen molar-refractivity contribution in [1.82, 2.24) is 9.55 Å². The van der Waals surface area contributed by atoms with Crippen LogP contribution in [0.5, 0.6) is 5.75 Å². The Labute approximate surface area is 123 Å². The highest BCUT2D eigenvalue weighted by Gasteiger charge is 2.21. The van der Waals surface area contributed by atoms with Gasteiger partial charge < -0.3 is 15.2 Å². The molecule has 0 saturated carbocycles. The number of carbonyl (C=O) groups is 1. The van der Waals surface area contributed by atoms with Crippen LogP contribution >= 0.6 is 0 Å². The predicted octanol–water partition coefficient (Wildman–Crippen LogP) is 2.20. The maximum Gasteiger partial charge on any atom is 0.360 e. The van der Waals surface area contributed by atoms with E-state index >= 15 is 0 Å². The molecule has 1 aromatic heterocycles. The van der Waals surface area contributed by atoms with Gasteiger partial charge in [-0.1, -0.05) is 6.92 Å². The Kier molecular flexibility index (Phi) is 4.47. The minimum absolute atomic E-state index is 0.157. The van der Waals surface area contributed by atoms with Gasteiger partial charge in [-0.15, -0.1) is 0 Å². The van der Waals surface area contributed by atoms with Gasteiger partial charge >= 0.3 is 5.97 Å². The Morgan fingerprint density at radius 3 is 2.48 bits per heavy atom. The van der Waals surface area contributed by atoms with E-state index in [9.17, 15) is 4.79 Å². The lowest BCUT2D eigenvalue weighted by atomic mass is 10.3. The number of nitrogens with zero attached hydrogens (tertiary/aromatic N) is 2. The number of methoxy groups -OCH3 is 1. The number of anilines is 1. The molecule has 0 bridgehead atoms. The number of carbonyl (C=O) groups excluding carboxylic acids is 1. The van der Waals surface area contributed by atoms with Crippen LogP contribution in [0.1, 0.15) is 30.2 Å². The van der Waals surface area contributed by atoms with E-state index in [1.54, 1.807) is 18.6 Å². The second-order valence-electron chi connectivity index (χ2n) is 4.37. The molecule has 6 heteroatoms. The average Bonchev–Trinajstić information content (AvgIpc) is 2.84. The number of aryl methyl sites for hydroxylation is 1. The molecule has 0 amide bonds. The SMILES string of the molecule is CCOC(=O)c1nc(CC)n(-c2ccc(OC)cc2)c1N. The highest BCUT2D eigenvalue weighted by molar-refractivity contribution is 5.92. The summed E-state index contributed by atoms with van der Waals surface area (Å²) in [5.74, 6) is 1.24. The van der Waals surface area contributed by atoms with E-state index in [1.807, 2.05) is 31.2 Å². The Hall–Kier alpha value is -2.50. The van der Waals surface area contributed by atoms with Crippen LogP contribution in [0.3, 0.4) is 0 Å². The summed E-state index contributed by atoms with van der Waals surface area (Å²) in [6.07, 6.45) is 0.648. The first-order valence-corrected chi connectivity index (χ1v) is 6.81. The number of rotatable bonds is 5. The number of benzene rings is 1. The van der Waals surface area contributed by atoms with Gasteiger partial charge in [0.25, 0.3) is 0 Å². The largest absolute Gasteiger partial charge is 0.497 e. The molecule has 0 unspecified atom stereocenters. The molecule has 2 rings (SSSR count). The minimum Gasteiger partial charge on any atom is -0.497 e. The molecule has 0 fully saturated rings. The Bertz CT molecular complexity index is 632. The van der Waals surface area contributed by atoms with Gasteiger partial charge in [-0.3, -0.25) is 4.57 Å². The highest BCUT2D eigenvalue weighted by Crippen LogP contribution is 2.23. The van der Waals surface area contributed by atoms with Crippen LogP contribution in [0.4, 0.5) is 5.82 Å². The summed E-state index contributed by atoms with van der Waals surface area (Å²) in [7, 11) is 1.61. The topological polar surface area (TPSA) is 79.4 Å². The lowest BCUT2D eigenvalue weighted by molar-refractivity contribution is 0.0521. The second-order valence-corrected chi connectivity index (χ2v) is 4.37. The molecular weight excluding hydrogens is 270 g/mol. The van der Waals surface area contributed by atoms with Gasteiger partial charge in [-0.2, -0.15) is 0 Å². The standard InChI is InChI=1S/C15H19N3O3/c1-4-12-17-13(15(19)21-5-2)14(16)18(12)10-6-8-11(20-3)9-7-10/h6-9H,4-5,16H2,1-3H3. The van der Waals surface area contributed by atoms with E-state index in [2.05, 4.69) is 4.98 Å². The highest BCUT2D eigenvalue weighted by atomic mass is 16.5. The Balaban J connectivity index is 2.48. The minimum atomic E-state index is -0.503. The van der Waals surface area contributed by atoms with Crippen LogP contribution in [-0.2, 0) is 11.2 Å². The molecule has 2 aromatic rings. The van der Waals surface area contributed by atoms with Gasteiger partial charge in [-0.25, -0.2) is 9.78 Å². The molecular formula is C15H19N3O3. The molecule has 112 valence electrons. The molecule has 0 atom stereocenters. The summed E-state index contributed by atoms with van der Waals surface area (Å²) in [5, 5.41) is 0. The van der Waals surface area contributed by atoms with Crippen LogP contribution < -0.4 is 10.5 Å². The molecule has 0 saturated heterocycles. The number of ether oxygens (including phenoxy) is 2. The van der Waals surface area contributed by atoms with Crippen molar-refractivity contribution in [3.8, 4) is 11.4 Å². The van der Waals surface area contributed by atoms with Crippen molar-refractivity contribution < 1.29 is 14.3 Å². The van der Waals surface area contributed by atoms with E-state index in [1.165, 1.54) is 0 Å². The van der Waals surface area contributed by atoms with Crippen LogP contribution in [0.15, 0.2) is 24.3 Å². The van der Waals surface area contributed by atoms with Crippen molar-refractivity contribution in [3.63, 3.8) is 0 Å². The van der Waals surface area contributed by atoms with Crippen molar-refractivity contribution in [3.05, 3.63) is 35.8 Å². The third-order valence-corrected chi connectivity index (χ3v) is 3.10. The monoisotopic (exact) mass is 289 g/mol. The fraction of sp³-hybridized carbons (Fsp3) is 0.333. The quantitative estimate of drug-likeness (QED) is 0.854. The van der Waals surface area contributed by atoms with Crippen LogP contribution in [0.25, 0.3) is 5.69 Å². The number of hydrogen-bond donors (Lipinski definition) is 1. The third kappa shape index (κ3) is 2.84. The molecule has 1 aromatic carbocycles. The molecule has 0 aliphatic rings. The van der Waals surface area contributed by atoms with Gasteiger partial charge in [0.1, 0.15) is 17.4 Å². The number of imidazole rings is 1. The van der Waals surface area contributed by atoms with E-state index in [-0.39, 0.29) is 18.1 Å². The summed E-state index contributed by atoms with van der Waals surface area (Å²) in [6.45, 7) is 3.99. The maximum absolute atomic E-state index is 11.9. The molecule has 0 radical (unpaired) electrons. The predicted molar refractivity (Wildman–Crippen MR) is 79.9 cm³/mol. The summed E-state index contributed by atoms with van der Waals surface area (Å²) in [6, 6.07) is 7.40. The number of nitrogens with two attached hydrogens (primary N) is 1. The first-order chi connectivity index (χ1) is 10.1. The summed E-state index contributed by atoms with van der Waals surface area (Å²) >= 11 is 0. The zero-order valence-electron chi connectivity index (χ0n) is 12.4. The average molecular weight is 289 g/mol. The van der Waals surface area contributed by atoms with E-state index in [4.69, 9.17) is 15.2 Å². The Morgan fingerprint density at radius 1 is 1.29 bits per heavy atom. The Morgan fingerprint density at radius 2 is 1.95 bits per heavy atom. The zero-order chi connectivity index (χ0) is 15.4. The second kappa shape index (κ2) is 6.30. The van der Waals surface area contributed by atoms with Gasteiger partial charge in [-0.05, 0) is 31.2 Å². The van der Waals surface area contributed by atoms with E-state index in [0.29, 0.717) is 12.2 Å². The molecule has 21 heavy (non-hydrogen) atoms. The van der Waals surface area contributed by atoms with Crippen molar-refractivity contribution >= 4 is 11.8 Å². The number of nitrogen functional groups attached to an aromatic ring is 1. The van der Waals surface area contributed by atoms with E-state index in [0.717, 1.165) is 11.4 Å². The van der Waals surface area contributed by atoms with Gasteiger partial charge in [0.2, 0.25) is 0 Å².